The fourth-order valence-corrected chi connectivity index (χ4v) is 4.59. The maximum Gasteiger partial charge on any atom is 0.227 e. The molecule has 0 atom stereocenters. The number of anilines is 1. The predicted molar refractivity (Wildman–Crippen MR) is 98.1 cm³/mol. The van der Waals surface area contributed by atoms with Gasteiger partial charge in [-0.3, -0.25) is 9.59 Å². The van der Waals surface area contributed by atoms with E-state index in [9.17, 15) is 18.0 Å². The number of hydrogen-bond acceptors (Lipinski definition) is 4. The van der Waals surface area contributed by atoms with E-state index in [4.69, 9.17) is 0 Å². The van der Waals surface area contributed by atoms with E-state index in [0.29, 0.717) is 43.6 Å². The van der Waals surface area contributed by atoms with Crippen LogP contribution in [0.5, 0.6) is 0 Å². The molecule has 1 fully saturated rings. The number of hydrogen-bond donors (Lipinski definition) is 1. The lowest BCUT2D eigenvalue weighted by molar-refractivity contribution is -0.120. The second-order valence-electron chi connectivity index (χ2n) is 6.47. The van der Waals surface area contributed by atoms with Gasteiger partial charge in [-0.2, -0.15) is 0 Å². The molecule has 1 aromatic rings. The summed E-state index contributed by atoms with van der Waals surface area (Å²) < 4.78 is 25.9. The van der Waals surface area contributed by atoms with Gasteiger partial charge in [0.25, 0.3) is 0 Å². The topological polar surface area (TPSA) is 83.6 Å². The van der Waals surface area contributed by atoms with Crippen LogP contribution in [0.2, 0.25) is 0 Å². The molecule has 25 heavy (non-hydrogen) atoms. The number of nitrogens with one attached hydrogen (secondary N) is 1. The SMILES string of the molecule is CCCCS(=O)(=O)N1CCC(C(=O)Nc2cccc(C(C)=O)c2)CC1. The van der Waals surface area contributed by atoms with E-state index in [0.717, 1.165) is 6.42 Å². The molecule has 0 aromatic heterocycles. The Hall–Kier alpha value is -1.73. The molecule has 6 nitrogen and oxygen atoms in total. The Morgan fingerprint density at radius 2 is 1.92 bits per heavy atom. The van der Waals surface area contributed by atoms with Crippen LogP contribution in [0.1, 0.15) is 49.9 Å². The Balaban J connectivity index is 1.91. The third-order valence-electron chi connectivity index (χ3n) is 4.51. The van der Waals surface area contributed by atoms with Gasteiger partial charge in [-0.25, -0.2) is 12.7 Å². The first-order valence-electron chi connectivity index (χ1n) is 8.73. The van der Waals surface area contributed by atoms with Gasteiger partial charge in [0.15, 0.2) is 5.78 Å². The molecule has 0 aliphatic carbocycles. The van der Waals surface area contributed by atoms with Crippen molar-refractivity contribution in [3.05, 3.63) is 29.8 Å². The van der Waals surface area contributed by atoms with Gasteiger partial charge in [0.2, 0.25) is 15.9 Å². The third-order valence-corrected chi connectivity index (χ3v) is 6.47. The van der Waals surface area contributed by atoms with E-state index in [-0.39, 0.29) is 23.4 Å². The summed E-state index contributed by atoms with van der Waals surface area (Å²) in [6, 6.07) is 6.84. The summed E-state index contributed by atoms with van der Waals surface area (Å²) in [6.07, 6.45) is 2.54. The Bertz CT molecular complexity index is 722. The van der Waals surface area contributed by atoms with E-state index in [1.54, 1.807) is 24.3 Å². The fourth-order valence-electron chi connectivity index (χ4n) is 2.91. The Morgan fingerprint density at radius 1 is 1.24 bits per heavy atom. The van der Waals surface area contributed by atoms with Crippen LogP contribution in [-0.4, -0.2) is 43.3 Å². The molecule has 1 aliphatic heterocycles. The second kappa shape index (κ2) is 8.58. The molecule has 1 aliphatic rings. The number of carbonyl (C=O) groups excluding carboxylic acids is 2. The first kappa shape index (κ1) is 19.6. The Kier molecular flexibility index (Phi) is 6.72. The van der Waals surface area contributed by atoms with Gasteiger partial charge in [0.05, 0.1) is 5.75 Å². The molecular formula is C18H26N2O4S. The number of carbonyl (C=O) groups is 2. The summed E-state index contributed by atoms with van der Waals surface area (Å²) in [4.78, 5) is 23.8. The first-order chi connectivity index (χ1) is 11.8. The van der Waals surface area contributed by atoms with Crippen molar-refractivity contribution in [2.45, 2.75) is 39.5 Å². The van der Waals surface area contributed by atoms with Gasteiger partial charge in [0, 0.05) is 30.3 Å². The Labute approximate surface area is 149 Å². The molecule has 0 unspecified atom stereocenters. The second-order valence-corrected chi connectivity index (χ2v) is 8.56. The molecule has 1 aromatic carbocycles. The minimum absolute atomic E-state index is 0.0540. The van der Waals surface area contributed by atoms with Crippen molar-refractivity contribution in [2.75, 3.05) is 24.2 Å². The number of unbranched alkanes of at least 4 members (excludes halogenated alkanes) is 1. The van der Waals surface area contributed by atoms with Gasteiger partial charge < -0.3 is 5.32 Å². The van der Waals surface area contributed by atoms with Crippen LogP contribution in [0.15, 0.2) is 24.3 Å². The van der Waals surface area contributed by atoms with E-state index >= 15 is 0 Å². The van der Waals surface area contributed by atoms with Gasteiger partial charge in [-0.05, 0) is 38.3 Å². The van der Waals surface area contributed by atoms with Crippen LogP contribution in [0.3, 0.4) is 0 Å². The number of rotatable bonds is 7. The minimum Gasteiger partial charge on any atom is -0.326 e. The molecular weight excluding hydrogens is 340 g/mol. The number of benzene rings is 1. The van der Waals surface area contributed by atoms with Crippen molar-refractivity contribution in [1.82, 2.24) is 4.31 Å². The monoisotopic (exact) mass is 366 g/mol. The lowest BCUT2D eigenvalue weighted by atomic mass is 9.97. The highest BCUT2D eigenvalue weighted by molar-refractivity contribution is 7.89. The molecule has 0 bridgehead atoms. The molecule has 0 radical (unpaired) electrons. The zero-order chi connectivity index (χ0) is 18.4. The Morgan fingerprint density at radius 3 is 2.52 bits per heavy atom. The van der Waals surface area contributed by atoms with E-state index in [1.165, 1.54) is 11.2 Å². The lowest BCUT2D eigenvalue weighted by Gasteiger charge is -2.30. The standard InChI is InChI=1S/C18H26N2O4S/c1-3-4-12-25(23,24)20-10-8-15(9-11-20)18(22)19-17-7-5-6-16(13-17)14(2)21/h5-7,13,15H,3-4,8-12H2,1-2H3,(H,19,22). The highest BCUT2D eigenvalue weighted by Gasteiger charge is 2.30. The van der Waals surface area contributed by atoms with Crippen LogP contribution >= 0.6 is 0 Å². The maximum atomic E-state index is 12.4. The number of piperidine rings is 1. The van der Waals surface area contributed by atoms with Crippen LogP contribution in [0.4, 0.5) is 5.69 Å². The van der Waals surface area contributed by atoms with E-state index in [2.05, 4.69) is 5.32 Å². The van der Waals surface area contributed by atoms with E-state index in [1.807, 2.05) is 6.92 Å². The lowest BCUT2D eigenvalue weighted by Crippen LogP contribution is -2.42. The zero-order valence-corrected chi connectivity index (χ0v) is 15.6. The van der Waals surface area contributed by atoms with Crippen LogP contribution in [-0.2, 0) is 14.8 Å². The number of sulfonamides is 1. The van der Waals surface area contributed by atoms with Gasteiger partial charge in [-0.1, -0.05) is 25.5 Å². The quantitative estimate of drug-likeness (QED) is 0.752. The molecule has 1 amide bonds. The molecule has 138 valence electrons. The van der Waals surface area contributed by atoms with Crippen molar-refractivity contribution >= 4 is 27.4 Å². The molecule has 1 N–H and O–H groups in total. The molecule has 1 heterocycles. The summed E-state index contributed by atoms with van der Waals surface area (Å²) in [7, 11) is -3.20. The summed E-state index contributed by atoms with van der Waals surface area (Å²) in [6.45, 7) is 4.22. The normalized spacial score (nSPS) is 16.6. The van der Waals surface area contributed by atoms with Gasteiger partial charge in [-0.15, -0.1) is 0 Å². The summed E-state index contributed by atoms with van der Waals surface area (Å²) in [5.74, 6) is -0.204. The molecule has 2 rings (SSSR count). The smallest absolute Gasteiger partial charge is 0.227 e. The van der Waals surface area contributed by atoms with Gasteiger partial charge >= 0.3 is 0 Å². The molecule has 0 saturated carbocycles. The summed E-state index contributed by atoms with van der Waals surface area (Å²) >= 11 is 0. The van der Waals surface area contributed by atoms with Crippen molar-refractivity contribution in [2.24, 2.45) is 5.92 Å². The van der Waals surface area contributed by atoms with Crippen LogP contribution in [0, 0.1) is 5.92 Å². The van der Waals surface area contributed by atoms with E-state index < -0.39 is 10.0 Å². The largest absolute Gasteiger partial charge is 0.326 e. The van der Waals surface area contributed by atoms with Crippen molar-refractivity contribution < 1.29 is 18.0 Å². The average molecular weight is 366 g/mol. The van der Waals surface area contributed by atoms with Crippen molar-refractivity contribution in [3.63, 3.8) is 0 Å². The third kappa shape index (κ3) is 5.37. The molecule has 1 saturated heterocycles. The number of amides is 1. The summed E-state index contributed by atoms with van der Waals surface area (Å²) in [5, 5.41) is 2.84. The predicted octanol–water partition coefficient (Wildman–Crippen LogP) is 2.67. The fraction of sp³-hybridized carbons (Fsp3) is 0.556. The maximum absolute atomic E-state index is 12.4. The van der Waals surface area contributed by atoms with Crippen LogP contribution in [0.25, 0.3) is 0 Å². The molecule has 0 spiro atoms. The highest BCUT2D eigenvalue weighted by Crippen LogP contribution is 2.22. The highest BCUT2D eigenvalue weighted by atomic mass is 32.2. The number of ketones is 1. The molecule has 7 heteroatoms. The zero-order valence-electron chi connectivity index (χ0n) is 14.8. The van der Waals surface area contributed by atoms with Crippen LogP contribution < -0.4 is 5.32 Å². The van der Waals surface area contributed by atoms with Crippen molar-refractivity contribution in [1.29, 1.82) is 0 Å². The average Bonchev–Trinajstić information content (AvgIpc) is 2.60. The number of Topliss-reactive ketones (excluding diaryl/α,β-unsaturated/α-hetero) is 1. The van der Waals surface area contributed by atoms with Crippen molar-refractivity contribution in [3.8, 4) is 0 Å². The summed E-state index contributed by atoms with van der Waals surface area (Å²) in [5.41, 5.74) is 1.14. The first-order valence-corrected chi connectivity index (χ1v) is 10.3. The minimum atomic E-state index is -3.20. The van der Waals surface area contributed by atoms with Gasteiger partial charge in [0.1, 0.15) is 0 Å². The number of nitrogens with zero attached hydrogens (tertiary/aromatic N) is 1.